The van der Waals surface area contributed by atoms with Crippen LogP contribution in [0.15, 0.2) is 59.3 Å². The van der Waals surface area contributed by atoms with Gasteiger partial charge in [0.1, 0.15) is 11.5 Å². The molecule has 0 bridgehead atoms. The molecule has 4 heterocycles. The molecule has 0 saturated carbocycles. The first-order valence-electron chi connectivity index (χ1n) is 12.0. The average Bonchev–Trinajstić information content (AvgIpc) is 3.53. The summed E-state index contributed by atoms with van der Waals surface area (Å²) in [5, 5.41) is 4.18. The molecular weight excluding hydrogens is 532 g/mol. The number of Topliss-reactive ketones (excluding diaryl/α,β-unsaturated/α-hetero) is 1. The first-order valence-corrected chi connectivity index (χ1v) is 13.7. The van der Waals surface area contributed by atoms with Crippen LogP contribution < -0.4 is 4.74 Å². The van der Waals surface area contributed by atoms with Gasteiger partial charge in [0.25, 0.3) is 0 Å². The van der Waals surface area contributed by atoms with Gasteiger partial charge in [0.2, 0.25) is 11.8 Å². The van der Waals surface area contributed by atoms with Crippen molar-refractivity contribution >= 4 is 47.4 Å². The second-order valence-corrected chi connectivity index (χ2v) is 11.2. The lowest BCUT2D eigenvalue weighted by atomic mass is 9.75. The summed E-state index contributed by atoms with van der Waals surface area (Å²) < 4.78 is 18.7. The minimum absolute atomic E-state index is 0.00630. The lowest BCUT2D eigenvalue weighted by Crippen LogP contribution is -2.54. The Labute approximate surface area is 230 Å². The van der Waals surface area contributed by atoms with Crippen LogP contribution in [0.3, 0.4) is 0 Å². The van der Waals surface area contributed by atoms with Gasteiger partial charge in [-0.2, -0.15) is 11.3 Å². The lowest BCUT2D eigenvalue weighted by Gasteiger charge is -2.45. The summed E-state index contributed by atoms with van der Waals surface area (Å²) in [6, 6.07) is 14.1. The van der Waals surface area contributed by atoms with Gasteiger partial charge in [-0.3, -0.25) is 13.9 Å². The third kappa shape index (κ3) is 5.03. The minimum Gasteiger partial charge on any atom is -0.478 e. The van der Waals surface area contributed by atoms with Crippen molar-refractivity contribution in [2.45, 2.75) is 50.0 Å². The van der Waals surface area contributed by atoms with Crippen LogP contribution >= 0.6 is 35.8 Å². The molecule has 2 aliphatic rings. The van der Waals surface area contributed by atoms with Gasteiger partial charge in [0.15, 0.2) is 11.6 Å². The maximum atomic E-state index is 13.7. The number of thiophene rings is 1. The Morgan fingerprint density at radius 2 is 2.00 bits per heavy atom. The Morgan fingerprint density at radius 3 is 2.70 bits per heavy atom. The standard InChI is InChI=1S/C27H27ClN2O5S2/c1-26(2)34-15-18(35-26)10-12-33-23-9-5-8-22(29-23)27(17-11-13-37-16-17)14-21(31)24(25(32)30(27)36)19-6-3-4-7-20(19)28/h3-9,11,13,16,18,24,36H,10,12,14-15H2,1-2H3. The number of ketones is 1. The number of hydrogen-bond acceptors (Lipinski definition) is 8. The maximum Gasteiger partial charge on any atom is 0.248 e. The first-order chi connectivity index (χ1) is 17.7. The molecule has 2 saturated heterocycles. The van der Waals surface area contributed by atoms with Crippen molar-refractivity contribution in [3.8, 4) is 5.88 Å². The van der Waals surface area contributed by atoms with Crippen LogP contribution in [0.4, 0.5) is 0 Å². The Bertz CT molecular complexity index is 1300. The highest BCUT2D eigenvalue weighted by molar-refractivity contribution is 7.78. The number of benzene rings is 1. The number of hydrogen-bond donors (Lipinski definition) is 1. The predicted molar refractivity (Wildman–Crippen MR) is 144 cm³/mol. The molecule has 10 heteroatoms. The molecule has 7 nitrogen and oxygen atoms in total. The fraction of sp³-hybridized carbons (Fsp3) is 0.370. The second-order valence-electron chi connectivity index (χ2n) is 9.57. The third-order valence-electron chi connectivity index (χ3n) is 6.69. The van der Waals surface area contributed by atoms with Crippen molar-refractivity contribution in [1.82, 2.24) is 9.29 Å². The van der Waals surface area contributed by atoms with Gasteiger partial charge in [-0.25, -0.2) is 4.98 Å². The highest BCUT2D eigenvalue weighted by Gasteiger charge is 2.53. The lowest BCUT2D eigenvalue weighted by molar-refractivity contribution is -0.142. The number of halogens is 1. The molecule has 3 atom stereocenters. The third-order valence-corrected chi connectivity index (χ3v) is 8.25. The van der Waals surface area contributed by atoms with E-state index >= 15 is 0 Å². The summed E-state index contributed by atoms with van der Waals surface area (Å²) in [4.78, 5) is 32.1. The second kappa shape index (κ2) is 10.4. The molecule has 0 radical (unpaired) electrons. The molecule has 2 aromatic heterocycles. The topological polar surface area (TPSA) is 78.0 Å². The number of piperidine rings is 1. The number of amides is 1. The smallest absolute Gasteiger partial charge is 0.248 e. The summed E-state index contributed by atoms with van der Waals surface area (Å²) in [5.41, 5.74) is 0.541. The molecule has 2 aliphatic heterocycles. The Kier molecular flexibility index (Phi) is 7.35. The molecule has 3 unspecified atom stereocenters. The SMILES string of the molecule is CC1(C)OCC(CCOc2cccc(C3(c4ccsc4)CC(=O)C(c4ccccc4Cl)C(=O)N3S)n2)O1. The monoisotopic (exact) mass is 558 g/mol. The van der Waals surface area contributed by atoms with Crippen molar-refractivity contribution < 1.29 is 23.8 Å². The van der Waals surface area contributed by atoms with Gasteiger partial charge in [0.05, 0.1) is 25.0 Å². The van der Waals surface area contributed by atoms with Crippen LogP contribution in [-0.2, 0) is 24.6 Å². The van der Waals surface area contributed by atoms with Crippen molar-refractivity contribution in [2.75, 3.05) is 13.2 Å². The first kappa shape index (κ1) is 26.2. The van der Waals surface area contributed by atoms with E-state index in [0.717, 1.165) is 5.56 Å². The minimum atomic E-state index is -1.19. The summed E-state index contributed by atoms with van der Waals surface area (Å²) in [5.74, 6) is -1.93. The summed E-state index contributed by atoms with van der Waals surface area (Å²) >= 11 is 12.5. The van der Waals surface area contributed by atoms with Crippen molar-refractivity contribution in [3.63, 3.8) is 0 Å². The zero-order valence-electron chi connectivity index (χ0n) is 20.4. The van der Waals surface area contributed by atoms with E-state index in [-0.39, 0.29) is 18.3 Å². The molecule has 1 amide bonds. The van der Waals surface area contributed by atoms with Gasteiger partial charge in [-0.05, 0) is 53.9 Å². The van der Waals surface area contributed by atoms with Gasteiger partial charge >= 0.3 is 0 Å². The Hall–Kier alpha value is -2.43. The molecule has 0 spiro atoms. The Balaban J connectivity index is 1.43. The van der Waals surface area contributed by atoms with E-state index in [1.165, 1.54) is 15.6 Å². The summed E-state index contributed by atoms with van der Waals surface area (Å²) in [7, 11) is 0. The van der Waals surface area contributed by atoms with E-state index in [0.29, 0.717) is 41.8 Å². The summed E-state index contributed by atoms with van der Waals surface area (Å²) in [6.07, 6.45) is 0.576. The zero-order chi connectivity index (χ0) is 26.2. The van der Waals surface area contributed by atoms with Gasteiger partial charge in [0, 0.05) is 23.9 Å². The van der Waals surface area contributed by atoms with Crippen LogP contribution in [-0.4, -0.2) is 46.1 Å². The van der Waals surface area contributed by atoms with Crippen LogP contribution in [0.1, 0.15) is 49.4 Å². The fourth-order valence-corrected chi connectivity index (χ4v) is 6.26. The molecule has 37 heavy (non-hydrogen) atoms. The van der Waals surface area contributed by atoms with E-state index in [1.54, 1.807) is 42.5 Å². The van der Waals surface area contributed by atoms with Gasteiger partial charge in [-0.15, -0.1) is 0 Å². The molecule has 2 fully saturated rings. The number of ether oxygens (including phenoxy) is 3. The fourth-order valence-electron chi connectivity index (χ4n) is 4.89. The van der Waals surface area contributed by atoms with E-state index in [4.69, 9.17) is 30.8 Å². The van der Waals surface area contributed by atoms with E-state index < -0.39 is 23.2 Å². The van der Waals surface area contributed by atoms with Crippen molar-refractivity contribution in [1.29, 1.82) is 0 Å². The molecule has 5 rings (SSSR count). The van der Waals surface area contributed by atoms with Crippen molar-refractivity contribution in [3.05, 3.63) is 81.1 Å². The van der Waals surface area contributed by atoms with Crippen LogP contribution in [0, 0.1) is 0 Å². The van der Waals surface area contributed by atoms with Gasteiger partial charge in [-0.1, -0.05) is 48.7 Å². The molecule has 0 aliphatic carbocycles. The van der Waals surface area contributed by atoms with E-state index in [2.05, 4.69) is 12.8 Å². The predicted octanol–water partition coefficient (Wildman–Crippen LogP) is 5.39. The van der Waals surface area contributed by atoms with Gasteiger partial charge < -0.3 is 14.2 Å². The number of pyridine rings is 1. The highest BCUT2D eigenvalue weighted by Crippen LogP contribution is 2.48. The average molecular weight is 559 g/mol. The van der Waals surface area contributed by atoms with Crippen LogP contribution in [0.5, 0.6) is 5.88 Å². The number of thiol groups is 1. The Morgan fingerprint density at radius 1 is 1.19 bits per heavy atom. The van der Waals surface area contributed by atoms with E-state index in [1.807, 2.05) is 30.7 Å². The van der Waals surface area contributed by atoms with Crippen LogP contribution in [0.2, 0.25) is 5.02 Å². The summed E-state index contributed by atoms with van der Waals surface area (Å²) in [6.45, 7) is 4.66. The number of rotatable bonds is 7. The number of carbonyl (C=O) groups excluding carboxylic acids is 2. The molecule has 3 aromatic rings. The quantitative estimate of drug-likeness (QED) is 0.309. The molecule has 0 N–H and O–H groups in total. The molecular formula is C27H27ClN2O5S2. The highest BCUT2D eigenvalue weighted by atomic mass is 35.5. The normalized spacial score (nSPS) is 25.5. The zero-order valence-corrected chi connectivity index (χ0v) is 22.9. The molecule has 1 aromatic carbocycles. The van der Waals surface area contributed by atoms with Crippen molar-refractivity contribution in [2.24, 2.45) is 0 Å². The maximum absolute atomic E-state index is 13.7. The number of nitrogens with zero attached hydrogens (tertiary/aromatic N) is 2. The number of aromatic nitrogens is 1. The largest absolute Gasteiger partial charge is 0.478 e. The van der Waals surface area contributed by atoms with Crippen LogP contribution in [0.25, 0.3) is 0 Å². The number of carbonyl (C=O) groups is 2. The van der Waals surface area contributed by atoms with E-state index in [9.17, 15) is 9.59 Å². The molecule has 194 valence electrons.